The molecule has 0 spiro atoms. The lowest BCUT2D eigenvalue weighted by Crippen LogP contribution is -2.40. The molecular formula is C33H37BN4O2. The predicted molar refractivity (Wildman–Crippen MR) is 164 cm³/mol. The maximum atomic E-state index is 12.8. The Morgan fingerprint density at radius 1 is 1.12 bits per heavy atom. The van der Waals surface area contributed by atoms with E-state index in [9.17, 15) is 4.79 Å². The highest BCUT2D eigenvalue weighted by Crippen LogP contribution is 2.23. The first-order valence-electron chi connectivity index (χ1n) is 14.2. The second kappa shape index (κ2) is 13.0. The third-order valence-corrected chi connectivity index (χ3v) is 7.36. The summed E-state index contributed by atoms with van der Waals surface area (Å²) in [4.78, 5) is 20.7. The van der Waals surface area contributed by atoms with Gasteiger partial charge in [-0.1, -0.05) is 44.2 Å². The molecule has 0 amide bonds. The van der Waals surface area contributed by atoms with E-state index in [4.69, 9.17) is 17.7 Å². The van der Waals surface area contributed by atoms with Crippen molar-refractivity contribution in [1.29, 1.82) is 0 Å². The van der Waals surface area contributed by atoms with Gasteiger partial charge in [-0.15, -0.1) is 0 Å². The third kappa shape index (κ3) is 7.22. The lowest BCUT2D eigenvalue weighted by molar-refractivity contribution is -0.151. The van der Waals surface area contributed by atoms with Gasteiger partial charge < -0.3 is 19.5 Å². The van der Waals surface area contributed by atoms with Crippen LogP contribution in [-0.4, -0.2) is 41.3 Å². The second-order valence-corrected chi connectivity index (χ2v) is 11.0. The average molecular weight is 532 g/mol. The van der Waals surface area contributed by atoms with Crippen molar-refractivity contribution in [2.45, 2.75) is 64.6 Å². The molecule has 0 unspecified atom stereocenters. The van der Waals surface area contributed by atoms with Gasteiger partial charge in [0, 0.05) is 18.4 Å². The van der Waals surface area contributed by atoms with Crippen LogP contribution in [0.4, 0.5) is 0 Å². The quantitative estimate of drug-likeness (QED) is 0.220. The van der Waals surface area contributed by atoms with Crippen LogP contribution in [0.1, 0.15) is 62.8 Å². The van der Waals surface area contributed by atoms with Gasteiger partial charge in [-0.3, -0.25) is 4.79 Å². The molecule has 3 aromatic rings. The summed E-state index contributed by atoms with van der Waals surface area (Å²) in [6.45, 7) is 4.90. The first kappa shape index (κ1) is 27.7. The van der Waals surface area contributed by atoms with Crippen molar-refractivity contribution in [3.8, 4) is 11.4 Å². The van der Waals surface area contributed by atoms with Crippen molar-refractivity contribution in [2.24, 2.45) is 10.9 Å². The van der Waals surface area contributed by atoms with Crippen molar-refractivity contribution in [3.05, 3.63) is 95.5 Å². The minimum Gasteiger partial charge on any atom is -0.461 e. The Morgan fingerprint density at radius 2 is 1.93 bits per heavy atom. The van der Waals surface area contributed by atoms with Crippen molar-refractivity contribution < 1.29 is 9.53 Å². The van der Waals surface area contributed by atoms with Gasteiger partial charge in [0.1, 0.15) is 12.1 Å². The van der Waals surface area contributed by atoms with E-state index in [1.165, 1.54) is 0 Å². The number of aliphatic imine (C=N–C) groups is 1. The number of hydrogen-bond acceptors (Lipinski definition) is 4. The Morgan fingerprint density at radius 3 is 2.65 bits per heavy atom. The number of aromatic amines is 1. The highest BCUT2D eigenvalue weighted by Gasteiger charge is 2.26. The molecule has 204 valence electrons. The third-order valence-electron chi connectivity index (χ3n) is 7.36. The lowest BCUT2D eigenvalue weighted by atomic mass is 10.0. The smallest absolute Gasteiger partial charge is 0.323 e. The Labute approximate surface area is 238 Å². The molecule has 1 saturated carbocycles. The van der Waals surface area contributed by atoms with Gasteiger partial charge >= 0.3 is 5.97 Å². The van der Waals surface area contributed by atoms with Crippen molar-refractivity contribution >= 4 is 31.8 Å². The van der Waals surface area contributed by atoms with Gasteiger partial charge in [-0.05, 0) is 97.7 Å². The number of ether oxygens (including phenoxy) is 1. The molecular weight excluding hydrogens is 495 g/mol. The second-order valence-electron chi connectivity index (χ2n) is 11.0. The lowest BCUT2D eigenvalue weighted by Gasteiger charge is -2.22. The van der Waals surface area contributed by atoms with Crippen LogP contribution in [0, 0.1) is 5.92 Å². The molecule has 2 aromatic heterocycles. The number of hydrogen-bond donors (Lipinski definition) is 2. The highest BCUT2D eigenvalue weighted by molar-refractivity contribution is 6.11. The minimum atomic E-state index is -0.281. The monoisotopic (exact) mass is 532 g/mol. The van der Waals surface area contributed by atoms with E-state index in [1.54, 1.807) is 4.48 Å². The molecule has 1 atom stereocenters. The molecule has 5 rings (SSSR count). The van der Waals surface area contributed by atoms with Gasteiger partial charge in [-0.25, -0.2) is 4.99 Å². The largest absolute Gasteiger partial charge is 0.461 e. The molecule has 0 bridgehead atoms. The van der Waals surface area contributed by atoms with Crippen molar-refractivity contribution in [2.75, 3.05) is 0 Å². The topological polar surface area (TPSA) is 71.4 Å². The summed E-state index contributed by atoms with van der Waals surface area (Å²) in [6, 6.07) is 16.0. The van der Waals surface area contributed by atoms with Crippen LogP contribution in [0.5, 0.6) is 0 Å². The minimum absolute atomic E-state index is 0.0933. The van der Waals surface area contributed by atoms with Crippen LogP contribution in [0.2, 0.25) is 0 Å². The molecule has 1 fully saturated rings. The molecule has 3 heterocycles. The maximum absolute atomic E-state index is 12.8. The zero-order chi connectivity index (χ0) is 27.9. The Kier molecular flexibility index (Phi) is 9.02. The number of carbonyl (C=O) groups excluding carboxylic acids is 1. The van der Waals surface area contributed by atoms with E-state index >= 15 is 0 Å². The number of carbonyl (C=O) groups is 1. The van der Waals surface area contributed by atoms with Crippen LogP contribution >= 0.6 is 0 Å². The first-order chi connectivity index (χ1) is 19.4. The fraction of sp³-hybridized carbons (Fsp3) is 0.333. The molecule has 1 aliphatic carbocycles. The molecule has 7 heteroatoms. The van der Waals surface area contributed by atoms with E-state index in [0.717, 1.165) is 71.7 Å². The van der Waals surface area contributed by atoms with Gasteiger partial charge in [0.05, 0.1) is 22.8 Å². The number of aromatic nitrogens is 2. The molecule has 40 heavy (non-hydrogen) atoms. The van der Waals surface area contributed by atoms with Crippen LogP contribution in [0.25, 0.3) is 23.5 Å². The van der Waals surface area contributed by atoms with E-state index in [0.29, 0.717) is 12.5 Å². The van der Waals surface area contributed by atoms with Crippen molar-refractivity contribution in [1.82, 2.24) is 14.8 Å². The summed E-state index contributed by atoms with van der Waals surface area (Å²) in [7, 11) is 6.30. The van der Waals surface area contributed by atoms with Crippen LogP contribution in [-0.2, 0) is 16.1 Å². The van der Waals surface area contributed by atoms with Crippen LogP contribution in [0.3, 0.4) is 0 Å². The van der Waals surface area contributed by atoms with E-state index in [1.807, 2.05) is 54.8 Å². The molecule has 6 nitrogen and oxygen atoms in total. The predicted octanol–water partition coefficient (Wildman–Crippen LogP) is 6.47. The summed E-state index contributed by atoms with van der Waals surface area (Å²) in [5.74, 6) is 0.298. The number of allylic oxidation sites excluding steroid dienone is 3. The summed E-state index contributed by atoms with van der Waals surface area (Å²) < 4.78 is 7.45. The summed E-state index contributed by atoms with van der Waals surface area (Å²) in [5.41, 5.74) is 6.72. The number of benzene rings is 1. The number of esters is 1. The van der Waals surface area contributed by atoms with Crippen LogP contribution in [0.15, 0.2) is 83.6 Å². The van der Waals surface area contributed by atoms with Gasteiger partial charge in [-0.2, -0.15) is 0 Å². The summed E-state index contributed by atoms with van der Waals surface area (Å²) in [5, 5.41) is 3.44. The normalized spacial score (nSPS) is 17.4. The summed E-state index contributed by atoms with van der Waals surface area (Å²) in [6.07, 6.45) is 17.1. The number of rotatable bonds is 11. The number of nitrogens with one attached hydrogen (secondary N) is 2. The molecule has 1 aliphatic heterocycles. The average Bonchev–Trinajstić information content (AvgIpc) is 3.76. The van der Waals surface area contributed by atoms with Crippen LogP contribution < -0.4 is 5.32 Å². The molecule has 2 radical (unpaired) electrons. The zero-order valence-corrected chi connectivity index (χ0v) is 23.3. The first-order valence-corrected chi connectivity index (χ1v) is 14.2. The standard InChI is InChI=1S/C33H37BN4O2/c1-23(2)20-31(33(39)40-29-6-3-4-7-29)36-22-25-11-9-24(10-12-25)13-14-26-15-16-27(37-26)21-28-17-18-32(38(28)34)30-8-5-19-35-30/h5,8-19,21,23,29,31,35-36H,3-4,6-7,20,22H2,1-2H3/b14-13+,27-21-/t31-/m0/s1. The SMILES string of the molecule is [B]n1c(/C=C2/C=CC(/C=C/c3ccc(CN[C@@H](CC(C)C)C(=O)OC4CCCC4)cc3)=N2)ccc1-c1ccc[nH]1. The maximum Gasteiger partial charge on any atom is 0.323 e. The van der Waals surface area contributed by atoms with E-state index < -0.39 is 0 Å². The fourth-order valence-corrected chi connectivity index (χ4v) is 5.17. The number of H-pyrrole nitrogens is 1. The van der Waals surface area contributed by atoms with Gasteiger partial charge in [0.25, 0.3) is 0 Å². The zero-order valence-electron chi connectivity index (χ0n) is 23.3. The summed E-state index contributed by atoms with van der Waals surface area (Å²) >= 11 is 0. The molecule has 2 N–H and O–H groups in total. The van der Waals surface area contributed by atoms with Crippen molar-refractivity contribution in [3.63, 3.8) is 0 Å². The fourth-order valence-electron chi connectivity index (χ4n) is 5.17. The molecule has 2 aliphatic rings. The van der Waals surface area contributed by atoms with Gasteiger partial charge in [0.2, 0.25) is 7.98 Å². The van der Waals surface area contributed by atoms with E-state index in [-0.39, 0.29) is 18.1 Å². The van der Waals surface area contributed by atoms with E-state index in [2.05, 4.69) is 54.5 Å². The molecule has 1 aromatic carbocycles. The Bertz CT molecular complexity index is 1400. The number of nitrogens with zero attached hydrogens (tertiary/aromatic N) is 2. The molecule has 0 saturated heterocycles. The van der Waals surface area contributed by atoms with Gasteiger partial charge in [0.15, 0.2) is 0 Å². The highest BCUT2D eigenvalue weighted by atomic mass is 16.5. The Hall–Kier alpha value is -3.84. The Balaban J connectivity index is 1.16.